The SMILES string of the molecule is Cc1ccc(OCCCn2c(CCCNC(=O)C3CCCO3)nc3ccccc32)c(C)c1. The van der Waals surface area contributed by atoms with Gasteiger partial charge in [0.05, 0.1) is 17.6 Å². The van der Waals surface area contributed by atoms with Crippen molar-refractivity contribution in [3.05, 3.63) is 59.4 Å². The Labute approximate surface area is 189 Å². The van der Waals surface area contributed by atoms with Crippen molar-refractivity contribution in [3.8, 4) is 5.75 Å². The molecular weight excluding hydrogens is 402 g/mol. The number of para-hydroxylation sites is 2. The van der Waals surface area contributed by atoms with Gasteiger partial charge in [0.25, 0.3) is 0 Å². The maximum atomic E-state index is 12.1. The van der Waals surface area contributed by atoms with E-state index in [1.165, 1.54) is 11.1 Å². The molecule has 1 atom stereocenters. The number of hydrogen-bond acceptors (Lipinski definition) is 4. The lowest BCUT2D eigenvalue weighted by molar-refractivity contribution is -0.130. The highest BCUT2D eigenvalue weighted by molar-refractivity contribution is 5.80. The second-order valence-electron chi connectivity index (χ2n) is 8.54. The fourth-order valence-electron chi connectivity index (χ4n) is 4.29. The average Bonchev–Trinajstić information content (AvgIpc) is 3.44. The van der Waals surface area contributed by atoms with Crippen LogP contribution in [0.15, 0.2) is 42.5 Å². The van der Waals surface area contributed by atoms with Crippen LogP contribution in [0.2, 0.25) is 0 Å². The Morgan fingerprint density at radius 1 is 1.22 bits per heavy atom. The van der Waals surface area contributed by atoms with Gasteiger partial charge < -0.3 is 19.4 Å². The lowest BCUT2D eigenvalue weighted by Gasteiger charge is -2.13. The molecule has 2 heterocycles. The van der Waals surface area contributed by atoms with Crippen molar-refractivity contribution in [1.82, 2.24) is 14.9 Å². The van der Waals surface area contributed by atoms with Crippen LogP contribution < -0.4 is 10.1 Å². The minimum absolute atomic E-state index is 0.0135. The largest absolute Gasteiger partial charge is 0.493 e. The zero-order chi connectivity index (χ0) is 22.3. The molecule has 0 bridgehead atoms. The topological polar surface area (TPSA) is 65.4 Å². The van der Waals surface area contributed by atoms with Gasteiger partial charge in [-0.3, -0.25) is 4.79 Å². The van der Waals surface area contributed by atoms with Gasteiger partial charge in [0.2, 0.25) is 5.91 Å². The van der Waals surface area contributed by atoms with Gasteiger partial charge in [-0.15, -0.1) is 0 Å². The number of carbonyl (C=O) groups excluding carboxylic acids is 1. The molecule has 1 aromatic heterocycles. The number of ether oxygens (including phenoxy) is 2. The molecule has 1 saturated heterocycles. The van der Waals surface area contributed by atoms with E-state index >= 15 is 0 Å². The molecule has 4 rings (SSSR count). The van der Waals surface area contributed by atoms with E-state index in [1.807, 2.05) is 12.1 Å². The van der Waals surface area contributed by atoms with Gasteiger partial charge in [0.15, 0.2) is 0 Å². The molecule has 1 aliphatic heterocycles. The van der Waals surface area contributed by atoms with E-state index < -0.39 is 0 Å². The van der Waals surface area contributed by atoms with E-state index in [9.17, 15) is 4.79 Å². The summed E-state index contributed by atoms with van der Waals surface area (Å²) >= 11 is 0. The van der Waals surface area contributed by atoms with Crippen molar-refractivity contribution in [2.24, 2.45) is 0 Å². The van der Waals surface area contributed by atoms with Crippen LogP contribution in [0.5, 0.6) is 5.75 Å². The molecule has 32 heavy (non-hydrogen) atoms. The maximum absolute atomic E-state index is 12.1. The molecule has 1 unspecified atom stereocenters. The number of aryl methyl sites for hydroxylation is 4. The average molecular weight is 436 g/mol. The Bertz CT molecular complexity index is 1050. The summed E-state index contributed by atoms with van der Waals surface area (Å²) in [6.45, 7) is 7.02. The first kappa shape index (κ1) is 22.3. The van der Waals surface area contributed by atoms with Gasteiger partial charge in [-0.25, -0.2) is 4.98 Å². The number of nitrogens with one attached hydrogen (secondary N) is 1. The number of amides is 1. The maximum Gasteiger partial charge on any atom is 0.249 e. The van der Waals surface area contributed by atoms with Crippen LogP contribution in [0.25, 0.3) is 11.0 Å². The highest BCUT2D eigenvalue weighted by atomic mass is 16.5. The molecule has 1 N–H and O–H groups in total. The highest BCUT2D eigenvalue weighted by Gasteiger charge is 2.22. The Hall–Kier alpha value is -2.86. The Balaban J connectivity index is 1.32. The molecule has 0 aliphatic carbocycles. The predicted octanol–water partition coefficient (Wildman–Crippen LogP) is 4.35. The molecule has 0 saturated carbocycles. The van der Waals surface area contributed by atoms with Crippen molar-refractivity contribution < 1.29 is 14.3 Å². The number of imidazole rings is 1. The van der Waals surface area contributed by atoms with E-state index in [1.54, 1.807) is 0 Å². The van der Waals surface area contributed by atoms with Gasteiger partial charge in [-0.2, -0.15) is 0 Å². The molecule has 3 aromatic rings. The number of aromatic nitrogens is 2. The minimum atomic E-state index is -0.267. The van der Waals surface area contributed by atoms with Crippen molar-refractivity contribution in [2.75, 3.05) is 19.8 Å². The zero-order valence-electron chi connectivity index (χ0n) is 19.1. The van der Waals surface area contributed by atoms with Crippen LogP contribution in [0.3, 0.4) is 0 Å². The van der Waals surface area contributed by atoms with Gasteiger partial charge in [0, 0.05) is 26.1 Å². The third kappa shape index (κ3) is 5.49. The van der Waals surface area contributed by atoms with Crippen molar-refractivity contribution in [2.45, 2.75) is 58.6 Å². The number of hydrogen-bond donors (Lipinski definition) is 1. The van der Waals surface area contributed by atoms with Crippen LogP contribution in [-0.4, -0.2) is 41.3 Å². The molecule has 1 amide bonds. The fourth-order valence-corrected chi connectivity index (χ4v) is 4.29. The third-order valence-corrected chi connectivity index (χ3v) is 5.95. The molecule has 0 radical (unpaired) electrons. The number of rotatable bonds is 10. The summed E-state index contributed by atoms with van der Waals surface area (Å²) in [7, 11) is 0. The summed E-state index contributed by atoms with van der Waals surface area (Å²) < 4.78 is 13.8. The molecule has 1 aliphatic rings. The van der Waals surface area contributed by atoms with Crippen molar-refractivity contribution >= 4 is 16.9 Å². The molecule has 0 spiro atoms. The monoisotopic (exact) mass is 435 g/mol. The van der Waals surface area contributed by atoms with Gasteiger partial charge in [-0.05, 0) is 63.3 Å². The molecule has 1 fully saturated rings. The lowest BCUT2D eigenvalue weighted by Crippen LogP contribution is -2.34. The summed E-state index contributed by atoms with van der Waals surface area (Å²) in [6.07, 6.45) is 4.09. The summed E-state index contributed by atoms with van der Waals surface area (Å²) in [4.78, 5) is 17.0. The first-order valence-electron chi connectivity index (χ1n) is 11.7. The molecule has 2 aromatic carbocycles. The van der Waals surface area contributed by atoms with Crippen LogP contribution in [0.1, 0.15) is 42.6 Å². The number of nitrogens with zero attached hydrogens (tertiary/aromatic N) is 2. The van der Waals surface area contributed by atoms with Gasteiger partial charge in [0.1, 0.15) is 17.7 Å². The molecule has 6 nitrogen and oxygen atoms in total. The lowest BCUT2D eigenvalue weighted by atomic mass is 10.1. The van der Waals surface area contributed by atoms with Crippen molar-refractivity contribution in [3.63, 3.8) is 0 Å². The van der Waals surface area contributed by atoms with Gasteiger partial charge >= 0.3 is 0 Å². The van der Waals surface area contributed by atoms with Gasteiger partial charge in [-0.1, -0.05) is 29.8 Å². The summed E-state index contributed by atoms with van der Waals surface area (Å²) in [5.74, 6) is 2.02. The summed E-state index contributed by atoms with van der Waals surface area (Å²) in [5, 5.41) is 3.01. The second-order valence-corrected chi connectivity index (χ2v) is 8.54. The summed E-state index contributed by atoms with van der Waals surface area (Å²) in [5.41, 5.74) is 4.58. The van der Waals surface area contributed by atoms with Crippen LogP contribution in [-0.2, 0) is 22.5 Å². The fraction of sp³-hybridized carbons (Fsp3) is 0.462. The smallest absolute Gasteiger partial charge is 0.249 e. The molecule has 170 valence electrons. The zero-order valence-corrected chi connectivity index (χ0v) is 19.1. The van der Waals surface area contributed by atoms with Crippen molar-refractivity contribution in [1.29, 1.82) is 0 Å². The number of carbonyl (C=O) groups is 1. The van der Waals surface area contributed by atoms with E-state index in [2.05, 4.69) is 54.1 Å². The highest BCUT2D eigenvalue weighted by Crippen LogP contribution is 2.20. The van der Waals surface area contributed by atoms with E-state index in [0.29, 0.717) is 19.8 Å². The Kier molecular flexibility index (Phi) is 7.43. The first-order chi connectivity index (χ1) is 15.6. The Morgan fingerprint density at radius 3 is 2.91 bits per heavy atom. The molecular formula is C26H33N3O3. The van der Waals surface area contributed by atoms with E-state index in [-0.39, 0.29) is 12.0 Å². The van der Waals surface area contributed by atoms with E-state index in [4.69, 9.17) is 14.5 Å². The predicted molar refractivity (Wildman–Crippen MR) is 126 cm³/mol. The standard InChI is InChI=1S/C26H33N3O3/c1-19-12-13-23(20(2)18-19)31-17-7-15-29-22-9-4-3-8-21(22)28-25(29)11-5-14-27-26(30)24-10-6-16-32-24/h3-4,8-9,12-13,18,24H,5-7,10-11,14-17H2,1-2H3,(H,27,30). The first-order valence-corrected chi connectivity index (χ1v) is 11.7. The van der Waals surface area contributed by atoms with Crippen LogP contribution in [0.4, 0.5) is 0 Å². The van der Waals surface area contributed by atoms with Crippen LogP contribution >= 0.6 is 0 Å². The quantitative estimate of drug-likeness (QED) is 0.481. The number of benzene rings is 2. The molecule has 6 heteroatoms. The van der Waals surface area contributed by atoms with Crippen LogP contribution in [0, 0.1) is 13.8 Å². The summed E-state index contributed by atoms with van der Waals surface area (Å²) in [6, 6.07) is 14.5. The third-order valence-electron chi connectivity index (χ3n) is 5.95. The number of fused-ring (bicyclic) bond motifs is 1. The Morgan fingerprint density at radius 2 is 2.09 bits per heavy atom. The van der Waals surface area contributed by atoms with E-state index in [0.717, 1.165) is 61.3 Å². The second kappa shape index (κ2) is 10.6. The normalized spacial score (nSPS) is 15.9. The minimum Gasteiger partial charge on any atom is -0.493 e.